The highest BCUT2D eigenvalue weighted by atomic mass is 16.1. The lowest BCUT2D eigenvalue weighted by atomic mass is 10.0. The molecule has 0 aliphatic rings. The third-order valence-electron chi connectivity index (χ3n) is 4.59. The van der Waals surface area contributed by atoms with Crippen molar-refractivity contribution in [2.24, 2.45) is 0 Å². The van der Waals surface area contributed by atoms with Crippen molar-refractivity contribution in [2.75, 3.05) is 6.54 Å². The molecular weight excluding hydrogens is 282 g/mol. The average molecular weight is 325 g/mol. The molecule has 0 spiro atoms. The molecule has 0 saturated heterocycles. The zero-order valence-electron chi connectivity index (χ0n) is 16.0. The molecular formula is C21H42NO. The largest absolute Gasteiger partial charge is 0.356 e. The van der Waals surface area contributed by atoms with Crippen molar-refractivity contribution in [3.05, 3.63) is 6.42 Å². The number of hydrogen-bond donors (Lipinski definition) is 1. The predicted molar refractivity (Wildman–Crippen MR) is 103 cm³/mol. The van der Waals surface area contributed by atoms with Crippen LogP contribution in [0.25, 0.3) is 0 Å². The smallest absolute Gasteiger partial charge is 0.223 e. The Labute approximate surface area is 146 Å². The Morgan fingerprint density at radius 2 is 1.00 bits per heavy atom. The molecule has 2 heteroatoms. The van der Waals surface area contributed by atoms with Gasteiger partial charge in [-0.15, -0.1) is 0 Å². The highest BCUT2D eigenvalue weighted by Gasteiger charge is 1.96. The van der Waals surface area contributed by atoms with Crippen LogP contribution in [-0.4, -0.2) is 12.5 Å². The van der Waals surface area contributed by atoms with Gasteiger partial charge >= 0.3 is 0 Å². The van der Waals surface area contributed by atoms with E-state index in [1.54, 1.807) is 13.3 Å². The maximum Gasteiger partial charge on any atom is 0.223 e. The van der Waals surface area contributed by atoms with E-state index in [1.165, 1.54) is 96.3 Å². The summed E-state index contributed by atoms with van der Waals surface area (Å²) >= 11 is 0. The van der Waals surface area contributed by atoms with Crippen molar-refractivity contribution in [1.29, 1.82) is 0 Å². The normalized spacial score (nSPS) is 10.9. The third-order valence-corrected chi connectivity index (χ3v) is 4.59. The maximum atomic E-state index is 11.0. The van der Waals surface area contributed by atoms with Crippen LogP contribution in [0.15, 0.2) is 0 Å². The number of carbonyl (C=O) groups excluding carboxylic acids is 1. The van der Waals surface area contributed by atoms with Gasteiger partial charge in [-0.1, -0.05) is 110 Å². The number of nitrogens with one attached hydrogen (secondary N) is 1. The highest BCUT2D eigenvalue weighted by molar-refractivity contribution is 5.83. The third kappa shape index (κ3) is 19.4. The molecule has 0 atom stereocenters. The van der Waals surface area contributed by atoms with E-state index in [2.05, 4.69) is 12.2 Å². The van der Waals surface area contributed by atoms with Crippen LogP contribution in [0.3, 0.4) is 0 Å². The van der Waals surface area contributed by atoms with E-state index in [9.17, 15) is 4.79 Å². The van der Waals surface area contributed by atoms with E-state index < -0.39 is 0 Å². The lowest BCUT2D eigenvalue weighted by Crippen LogP contribution is -2.23. The molecule has 0 saturated carbocycles. The van der Waals surface area contributed by atoms with Crippen molar-refractivity contribution < 1.29 is 4.79 Å². The average Bonchev–Trinajstić information content (AvgIpc) is 2.57. The Morgan fingerprint density at radius 1 is 0.652 bits per heavy atom. The summed E-state index contributed by atoms with van der Waals surface area (Å²) in [6, 6.07) is 0. The van der Waals surface area contributed by atoms with E-state index in [-0.39, 0.29) is 5.91 Å². The molecule has 1 amide bonds. The first-order chi connectivity index (χ1) is 11.3. The molecule has 0 aliphatic carbocycles. The van der Waals surface area contributed by atoms with Gasteiger partial charge < -0.3 is 5.32 Å². The molecule has 0 aromatic rings. The zero-order chi connectivity index (χ0) is 17.0. The molecule has 0 bridgehead atoms. The summed E-state index contributed by atoms with van der Waals surface area (Å²) in [5.74, 6) is 0.0611. The van der Waals surface area contributed by atoms with Gasteiger partial charge in [0.25, 0.3) is 0 Å². The summed E-state index contributed by atoms with van der Waals surface area (Å²) < 4.78 is 0. The first kappa shape index (κ1) is 22.5. The van der Waals surface area contributed by atoms with Crippen molar-refractivity contribution in [3.8, 4) is 0 Å². The minimum Gasteiger partial charge on any atom is -0.356 e. The molecule has 0 heterocycles. The van der Waals surface area contributed by atoms with Gasteiger partial charge in [-0.05, 0) is 6.42 Å². The first-order valence-corrected chi connectivity index (χ1v) is 10.4. The van der Waals surface area contributed by atoms with Gasteiger partial charge in [-0.3, -0.25) is 4.79 Å². The van der Waals surface area contributed by atoms with Crippen LogP contribution in [0, 0.1) is 6.42 Å². The van der Waals surface area contributed by atoms with Crippen molar-refractivity contribution in [2.45, 2.75) is 117 Å². The second-order valence-electron chi connectivity index (χ2n) is 6.88. The van der Waals surface area contributed by atoms with Crippen molar-refractivity contribution in [3.63, 3.8) is 0 Å². The molecule has 0 aromatic heterocycles. The van der Waals surface area contributed by atoms with E-state index in [0.29, 0.717) is 0 Å². The monoisotopic (exact) mass is 324 g/mol. The van der Waals surface area contributed by atoms with Gasteiger partial charge in [0.1, 0.15) is 0 Å². The molecule has 0 aromatic carbocycles. The second kappa shape index (κ2) is 19.5. The summed E-state index contributed by atoms with van der Waals surface area (Å²) in [6.45, 7) is 4.90. The fourth-order valence-corrected chi connectivity index (χ4v) is 2.99. The van der Waals surface area contributed by atoms with E-state index in [1.807, 2.05) is 0 Å². The van der Waals surface area contributed by atoms with Crippen molar-refractivity contribution >= 4 is 5.91 Å². The highest BCUT2D eigenvalue weighted by Crippen LogP contribution is 2.13. The number of amides is 1. The lowest BCUT2D eigenvalue weighted by Gasteiger charge is -2.04. The fourth-order valence-electron chi connectivity index (χ4n) is 2.99. The molecule has 137 valence electrons. The minimum absolute atomic E-state index is 0.0611. The molecule has 0 rings (SSSR count). The second-order valence-corrected chi connectivity index (χ2v) is 6.88. The number of unbranched alkanes of at least 4 members (excludes halogenated alkanes) is 15. The van der Waals surface area contributed by atoms with E-state index in [4.69, 9.17) is 0 Å². The zero-order valence-corrected chi connectivity index (χ0v) is 16.0. The molecule has 1 N–H and O–H groups in total. The SMILES string of the molecule is C[CH]C(=O)NCCCCCCCCCCCCCCCCCC. The van der Waals surface area contributed by atoms with Gasteiger partial charge in [-0.25, -0.2) is 0 Å². The Bertz CT molecular complexity index is 240. The number of rotatable bonds is 18. The maximum absolute atomic E-state index is 11.0. The van der Waals surface area contributed by atoms with Crippen LogP contribution in [-0.2, 0) is 4.79 Å². The lowest BCUT2D eigenvalue weighted by molar-refractivity contribution is -0.117. The number of carbonyl (C=O) groups is 1. The van der Waals surface area contributed by atoms with Gasteiger partial charge in [0.2, 0.25) is 5.91 Å². The Kier molecular flexibility index (Phi) is 19.1. The summed E-state index contributed by atoms with van der Waals surface area (Å²) in [7, 11) is 0. The Hall–Kier alpha value is -0.530. The van der Waals surface area contributed by atoms with Crippen LogP contribution < -0.4 is 5.32 Å². The van der Waals surface area contributed by atoms with E-state index in [0.717, 1.165) is 13.0 Å². The summed E-state index contributed by atoms with van der Waals surface area (Å²) in [4.78, 5) is 11.0. The Balaban J connectivity index is 2.99. The van der Waals surface area contributed by atoms with E-state index >= 15 is 0 Å². The molecule has 0 unspecified atom stereocenters. The fraction of sp³-hybridized carbons (Fsp3) is 0.905. The minimum atomic E-state index is 0.0611. The first-order valence-electron chi connectivity index (χ1n) is 10.4. The van der Waals surface area contributed by atoms with Crippen LogP contribution in [0.1, 0.15) is 117 Å². The molecule has 2 nitrogen and oxygen atoms in total. The van der Waals surface area contributed by atoms with Crippen molar-refractivity contribution in [1.82, 2.24) is 5.32 Å². The van der Waals surface area contributed by atoms with Crippen LogP contribution in [0.2, 0.25) is 0 Å². The summed E-state index contributed by atoms with van der Waals surface area (Å²) in [6.07, 6.45) is 23.8. The quantitative estimate of drug-likeness (QED) is 0.283. The summed E-state index contributed by atoms with van der Waals surface area (Å²) in [5.41, 5.74) is 0. The van der Waals surface area contributed by atoms with Gasteiger partial charge in [0.05, 0.1) is 0 Å². The van der Waals surface area contributed by atoms with Crippen LogP contribution >= 0.6 is 0 Å². The van der Waals surface area contributed by atoms with Gasteiger partial charge in [0, 0.05) is 13.0 Å². The molecule has 1 radical (unpaired) electrons. The topological polar surface area (TPSA) is 29.1 Å². The standard InChI is InChI=1S/C21H42NO/c1-3-5-6-7-8-9-10-11-12-13-14-15-16-17-18-19-20-22-21(23)4-2/h4H,3,5-20H2,1-2H3,(H,22,23). The Morgan fingerprint density at radius 3 is 1.35 bits per heavy atom. The predicted octanol–water partition coefficient (Wildman–Crippen LogP) is 6.59. The molecule has 23 heavy (non-hydrogen) atoms. The van der Waals surface area contributed by atoms with Gasteiger partial charge in [0.15, 0.2) is 0 Å². The van der Waals surface area contributed by atoms with Crippen LogP contribution in [0.5, 0.6) is 0 Å². The van der Waals surface area contributed by atoms with Gasteiger partial charge in [-0.2, -0.15) is 0 Å². The number of hydrogen-bond acceptors (Lipinski definition) is 1. The van der Waals surface area contributed by atoms with Crippen LogP contribution in [0.4, 0.5) is 0 Å². The summed E-state index contributed by atoms with van der Waals surface area (Å²) in [5, 5.41) is 2.89. The molecule has 0 fully saturated rings. The molecule has 0 aliphatic heterocycles.